The van der Waals surface area contributed by atoms with Crippen molar-refractivity contribution in [1.29, 1.82) is 0 Å². The van der Waals surface area contributed by atoms with Crippen LogP contribution in [0.2, 0.25) is 0 Å². The van der Waals surface area contributed by atoms with Crippen molar-refractivity contribution in [3.63, 3.8) is 0 Å². The van der Waals surface area contributed by atoms with E-state index >= 15 is 0 Å². The number of amides is 2. The van der Waals surface area contributed by atoms with Crippen LogP contribution >= 0.6 is 23.1 Å². The van der Waals surface area contributed by atoms with E-state index in [1.54, 1.807) is 12.1 Å². The van der Waals surface area contributed by atoms with Crippen LogP contribution in [0.1, 0.15) is 36.7 Å². The van der Waals surface area contributed by atoms with Crippen molar-refractivity contribution in [2.24, 2.45) is 0 Å². The average Bonchev–Trinajstić information content (AvgIpc) is 3.21. The number of nitrogens with one attached hydrogen (secondary N) is 2. The fourth-order valence-corrected chi connectivity index (χ4v) is 5.15. The number of rotatable bonds is 6. The Kier molecular flexibility index (Phi) is 7.00. The first-order chi connectivity index (χ1) is 16.2. The van der Waals surface area contributed by atoms with Crippen molar-refractivity contribution in [2.45, 2.75) is 30.5 Å². The molecule has 0 aliphatic heterocycles. The Morgan fingerprint density at radius 1 is 1.00 bits per heavy atom. The predicted octanol–water partition coefficient (Wildman–Crippen LogP) is 6.72. The second-order valence-corrected chi connectivity index (χ2v) is 11.0. The lowest BCUT2D eigenvalue weighted by Crippen LogP contribution is -2.14. The number of thioether (sulfide) groups is 1. The molecule has 2 N–H and O–H groups in total. The van der Waals surface area contributed by atoms with Crippen LogP contribution in [0.25, 0.3) is 10.2 Å². The number of thiazole rings is 1. The summed E-state index contributed by atoms with van der Waals surface area (Å²) in [6.07, 6.45) is 0. The lowest BCUT2D eigenvalue weighted by Gasteiger charge is -2.19. The summed E-state index contributed by atoms with van der Waals surface area (Å²) in [6.45, 7) is 6.40. The highest BCUT2D eigenvalue weighted by Gasteiger charge is 2.15. The lowest BCUT2D eigenvalue weighted by atomic mass is 9.87. The van der Waals surface area contributed by atoms with Gasteiger partial charge in [0.15, 0.2) is 4.34 Å². The second-order valence-electron chi connectivity index (χ2n) is 8.76. The Morgan fingerprint density at radius 3 is 2.44 bits per heavy atom. The Bertz CT molecular complexity index is 1340. The van der Waals surface area contributed by atoms with Crippen molar-refractivity contribution in [2.75, 3.05) is 16.4 Å². The summed E-state index contributed by atoms with van der Waals surface area (Å²) in [7, 11) is 0. The summed E-state index contributed by atoms with van der Waals surface area (Å²) in [5.74, 6) is -0.841. The first kappa shape index (κ1) is 23.9. The molecule has 0 radical (unpaired) electrons. The van der Waals surface area contributed by atoms with Gasteiger partial charge in [-0.3, -0.25) is 9.59 Å². The van der Waals surface area contributed by atoms with Crippen LogP contribution in [0.4, 0.5) is 15.8 Å². The largest absolute Gasteiger partial charge is 0.323 e. The molecule has 1 heterocycles. The Morgan fingerprint density at radius 2 is 1.74 bits per heavy atom. The number of aromatic nitrogens is 1. The van der Waals surface area contributed by atoms with Crippen molar-refractivity contribution in [3.05, 3.63) is 83.7 Å². The molecule has 0 atom stereocenters. The van der Waals surface area contributed by atoms with E-state index in [-0.39, 0.29) is 28.7 Å². The molecular formula is C26H24FN3O2S2. The Labute approximate surface area is 205 Å². The SMILES string of the molecule is CC(C)(C)c1ccc(C(=O)Nc2ccc3nc(SCC(=O)Nc4ccccc4F)sc3c2)cc1. The molecule has 4 aromatic rings. The summed E-state index contributed by atoms with van der Waals surface area (Å²) >= 11 is 2.72. The van der Waals surface area contributed by atoms with Gasteiger partial charge in [0.05, 0.1) is 21.7 Å². The molecule has 174 valence electrons. The number of fused-ring (bicyclic) bond motifs is 1. The fourth-order valence-electron chi connectivity index (χ4n) is 3.24. The summed E-state index contributed by atoms with van der Waals surface area (Å²) in [4.78, 5) is 29.4. The van der Waals surface area contributed by atoms with E-state index in [9.17, 15) is 14.0 Å². The number of hydrogen-bond donors (Lipinski definition) is 2. The molecule has 3 aromatic carbocycles. The van der Waals surface area contributed by atoms with E-state index in [1.807, 2.05) is 42.5 Å². The van der Waals surface area contributed by atoms with Gasteiger partial charge in [0.25, 0.3) is 5.91 Å². The first-order valence-corrected chi connectivity index (χ1v) is 12.5. The van der Waals surface area contributed by atoms with Gasteiger partial charge in [0.1, 0.15) is 5.82 Å². The van der Waals surface area contributed by atoms with Crippen LogP contribution in [-0.2, 0) is 10.2 Å². The third kappa shape index (κ3) is 5.81. The van der Waals surface area contributed by atoms with Crippen molar-refractivity contribution < 1.29 is 14.0 Å². The maximum Gasteiger partial charge on any atom is 0.255 e. The predicted molar refractivity (Wildman–Crippen MR) is 138 cm³/mol. The molecule has 0 spiro atoms. The van der Waals surface area contributed by atoms with E-state index in [4.69, 9.17) is 0 Å². The van der Waals surface area contributed by atoms with Crippen LogP contribution in [0, 0.1) is 5.82 Å². The monoisotopic (exact) mass is 493 g/mol. The van der Waals surface area contributed by atoms with E-state index in [0.717, 1.165) is 14.6 Å². The van der Waals surface area contributed by atoms with Crippen molar-refractivity contribution in [1.82, 2.24) is 4.98 Å². The van der Waals surface area contributed by atoms with Crippen LogP contribution in [0.3, 0.4) is 0 Å². The molecule has 2 amide bonds. The number of benzene rings is 3. The molecule has 0 bridgehead atoms. The zero-order chi connectivity index (χ0) is 24.3. The standard InChI is InChI=1S/C26H24FN3O2S2/c1-26(2,3)17-10-8-16(9-11-17)24(32)28-18-12-13-21-22(14-18)34-25(30-21)33-15-23(31)29-20-7-5-4-6-19(20)27/h4-14H,15H2,1-3H3,(H,28,32)(H,29,31). The summed E-state index contributed by atoms with van der Waals surface area (Å²) < 4.78 is 15.3. The molecular weight excluding hydrogens is 469 g/mol. The maximum atomic E-state index is 13.7. The summed E-state index contributed by atoms with van der Waals surface area (Å²) in [6, 6.07) is 19.2. The molecule has 34 heavy (non-hydrogen) atoms. The van der Waals surface area contributed by atoms with Crippen LogP contribution in [-0.4, -0.2) is 22.6 Å². The maximum absolute atomic E-state index is 13.7. The first-order valence-electron chi connectivity index (χ1n) is 10.7. The number of carbonyl (C=O) groups is 2. The molecule has 0 aliphatic rings. The number of carbonyl (C=O) groups excluding carboxylic acids is 2. The van der Waals surface area contributed by atoms with Gasteiger partial charge in [-0.05, 0) is 53.4 Å². The minimum atomic E-state index is -0.472. The van der Waals surface area contributed by atoms with Gasteiger partial charge in [0.2, 0.25) is 5.91 Å². The van der Waals surface area contributed by atoms with E-state index in [2.05, 4.69) is 36.4 Å². The smallest absolute Gasteiger partial charge is 0.255 e. The highest BCUT2D eigenvalue weighted by Crippen LogP contribution is 2.31. The molecule has 5 nitrogen and oxygen atoms in total. The third-order valence-electron chi connectivity index (χ3n) is 5.11. The highest BCUT2D eigenvalue weighted by atomic mass is 32.2. The highest BCUT2D eigenvalue weighted by molar-refractivity contribution is 8.01. The topological polar surface area (TPSA) is 71.1 Å². The Hall–Kier alpha value is -3.23. The van der Waals surface area contributed by atoms with Gasteiger partial charge >= 0.3 is 0 Å². The van der Waals surface area contributed by atoms with Gasteiger partial charge in [0, 0.05) is 11.3 Å². The number of nitrogens with zero attached hydrogens (tertiary/aromatic N) is 1. The van der Waals surface area contributed by atoms with Crippen LogP contribution < -0.4 is 10.6 Å². The Balaban J connectivity index is 1.38. The van der Waals surface area contributed by atoms with Gasteiger partial charge < -0.3 is 10.6 Å². The van der Waals surface area contributed by atoms with E-state index in [0.29, 0.717) is 11.3 Å². The molecule has 0 fully saturated rings. The molecule has 0 saturated heterocycles. The molecule has 0 aliphatic carbocycles. The molecule has 1 aromatic heterocycles. The van der Waals surface area contributed by atoms with Crippen LogP contribution in [0.5, 0.6) is 0 Å². The molecule has 0 unspecified atom stereocenters. The van der Waals surface area contributed by atoms with Crippen molar-refractivity contribution >= 4 is 56.5 Å². The quantitative estimate of drug-likeness (QED) is 0.293. The zero-order valence-electron chi connectivity index (χ0n) is 19.0. The average molecular weight is 494 g/mol. The third-order valence-corrected chi connectivity index (χ3v) is 7.28. The van der Waals surface area contributed by atoms with E-state index in [1.165, 1.54) is 40.8 Å². The van der Waals surface area contributed by atoms with Gasteiger partial charge in [-0.2, -0.15) is 0 Å². The summed E-state index contributed by atoms with van der Waals surface area (Å²) in [5, 5.41) is 5.50. The minimum Gasteiger partial charge on any atom is -0.323 e. The number of halogens is 1. The zero-order valence-corrected chi connectivity index (χ0v) is 20.6. The van der Waals surface area contributed by atoms with Crippen LogP contribution in [0.15, 0.2) is 71.1 Å². The van der Waals surface area contributed by atoms with Gasteiger partial charge in [-0.1, -0.05) is 56.8 Å². The second kappa shape index (κ2) is 9.95. The fraction of sp³-hybridized carbons (Fsp3) is 0.192. The molecule has 0 saturated carbocycles. The molecule has 8 heteroatoms. The van der Waals surface area contributed by atoms with Crippen molar-refractivity contribution in [3.8, 4) is 0 Å². The number of para-hydroxylation sites is 1. The number of anilines is 2. The van der Waals surface area contributed by atoms with Gasteiger partial charge in [-0.15, -0.1) is 11.3 Å². The van der Waals surface area contributed by atoms with E-state index < -0.39 is 5.82 Å². The summed E-state index contributed by atoms with van der Waals surface area (Å²) in [5.41, 5.74) is 3.41. The minimum absolute atomic E-state index is 0.0281. The normalized spacial score (nSPS) is 11.4. The number of hydrogen-bond acceptors (Lipinski definition) is 5. The molecule has 4 rings (SSSR count). The lowest BCUT2D eigenvalue weighted by molar-refractivity contribution is -0.113. The van der Waals surface area contributed by atoms with Gasteiger partial charge in [-0.25, -0.2) is 9.37 Å².